The molecule has 2 amide bonds. The van der Waals surface area contributed by atoms with E-state index in [0.29, 0.717) is 12.0 Å². The van der Waals surface area contributed by atoms with E-state index in [2.05, 4.69) is 0 Å². The quantitative estimate of drug-likeness (QED) is 0.855. The van der Waals surface area contributed by atoms with Gasteiger partial charge in [-0.1, -0.05) is 24.6 Å². The van der Waals surface area contributed by atoms with Crippen LogP contribution in [0.2, 0.25) is 0 Å². The minimum Gasteiger partial charge on any atom is -0.478 e. The van der Waals surface area contributed by atoms with Crippen LogP contribution in [0, 0.1) is 11.8 Å². The summed E-state index contributed by atoms with van der Waals surface area (Å²) in [6.45, 7) is 0.273. The second-order valence-electron chi connectivity index (χ2n) is 5.68. The lowest BCUT2D eigenvalue weighted by Gasteiger charge is -2.16. The molecule has 2 aliphatic rings. The van der Waals surface area contributed by atoms with E-state index in [1.54, 1.807) is 24.3 Å². The third-order valence-electron chi connectivity index (χ3n) is 4.53. The van der Waals surface area contributed by atoms with Gasteiger partial charge in [-0.15, -0.1) is 0 Å². The smallest absolute Gasteiger partial charge is 0.335 e. The largest absolute Gasteiger partial charge is 0.478 e. The van der Waals surface area contributed by atoms with Crippen LogP contribution in [0.5, 0.6) is 0 Å². The predicted molar refractivity (Wildman–Crippen MR) is 74.7 cm³/mol. The molecule has 2 unspecified atom stereocenters. The monoisotopic (exact) mass is 287 g/mol. The Morgan fingerprint density at radius 3 is 2.38 bits per heavy atom. The summed E-state index contributed by atoms with van der Waals surface area (Å²) in [6.07, 6.45) is 2.94. The first-order valence-corrected chi connectivity index (χ1v) is 7.26. The number of hydrogen-bond donors (Lipinski definition) is 1. The molecule has 1 heterocycles. The van der Waals surface area contributed by atoms with Crippen LogP contribution < -0.4 is 0 Å². The Hall–Kier alpha value is -2.17. The van der Waals surface area contributed by atoms with Gasteiger partial charge in [-0.3, -0.25) is 14.5 Å². The summed E-state index contributed by atoms with van der Waals surface area (Å²) in [5, 5.41) is 9.15. The van der Waals surface area contributed by atoms with Gasteiger partial charge in [0.2, 0.25) is 11.8 Å². The maximum Gasteiger partial charge on any atom is 0.335 e. The summed E-state index contributed by atoms with van der Waals surface area (Å²) in [5.74, 6) is -1.40. The fraction of sp³-hybridized carbons (Fsp3) is 0.438. The number of likely N-dealkylation sites (tertiary alicyclic amines) is 1. The molecule has 1 aromatic carbocycles. The van der Waals surface area contributed by atoms with E-state index >= 15 is 0 Å². The van der Waals surface area contributed by atoms with Crippen molar-refractivity contribution >= 4 is 17.8 Å². The van der Waals surface area contributed by atoms with Crippen LogP contribution in [0.1, 0.15) is 35.2 Å². The lowest BCUT2D eigenvalue weighted by molar-refractivity contribution is -0.140. The van der Waals surface area contributed by atoms with Crippen LogP contribution in [-0.2, 0) is 16.0 Å². The van der Waals surface area contributed by atoms with Gasteiger partial charge in [-0.05, 0) is 30.9 Å². The molecular weight excluding hydrogens is 270 g/mol. The molecule has 2 atom stereocenters. The van der Waals surface area contributed by atoms with Crippen molar-refractivity contribution in [1.29, 1.82) is 0 Å². The van der Waals surface area contributed by atoms with Gasteiger partial charge in [0.15, 0.2) is 0 Å². The topological polar surface area (TPSA) is 74.7 Å². The van der Waals surface area contributed by atoms with Gasteiger partial charge in [-0.2, -0.15) is 0 Å². The molecule has 1 aromatic rings. The highest BCUT2D eigenvalue weighted by atomic mass is 16.4. The van der Waals surface area contributed by atoms with E-state index in [9.17, 15) is 14.4 Å². The van der Waals surface area contributed by atoms with E-state index in [1.165, 1.54) is 4.90 Å². The molecule has 5 nitrogen and oxygen atoms in total. The number of carboxylic acid groups (broad SMARTS) is 1. The molecular formula is C16H17NO4. The molecule has 5 heteroatoms. The first-order valence-electron chi connectivity index (χ1n) is 7.26. The highest BCUT2D eigenvalue weighted by molar-refractivity contribution is 6.05. The van der Waals surface area contributed by atoms with Gasteiger partial charge in [0, 0.05) is 6.54 Å². The van der Waals surface area contributed by atoms with Gasteiger partial charge in [0.1, 0.15) is 0 Å². The molecule has 0 radical (unpaired) electrons. The van der Waals surface area contributed by atoms with Crippen LogP contribution in [0.4, 0.5) is 0 Å². The van der Waals surface area contributed by atoms with Crippen molar-refractivity contribution in [2.45, 2.75) is 25.7 Å². The van der Waals surface area contributed by atoms with E-state index in [-0.39, 0.29) is 35.8 Å². The van der Waals surface area contributed by atoms with Crippen LogP contribution in [0.3, 0.4) is 0 Å². The Labute approximate surface area is 122 Å². The summed E-state index contributed by atoms with van der Waals surface area (Å²) in [4.78, 5) is 36.9. The third kappa shape index (κ3) is 2.33. The molecule has 1 saturated heterocycles. The maximum atomic E-state index is 12.2. The Kier molecular flexibility index (Phi) is 3.49. The fourth-order valence-electron chi connectivity index (χ4n) is 3.46. The van der Waals surface area contributed by atoms with E-state index in [0.717, 1.165) is 19.3 Å². The number of carbonyl (C=O) groups excluding carboxylic acids is 2. The Bertz CT molecular complexity index is 588. The van der Waals surface area contributed by atoms with Crippen molar-refractivity contribution in [2.24, 2.45) is 11.8 Å². The standard InChI is InChI=1S/C16H17NO4/c18-14-12-6-3-7-13(12)15(19)17(14)9-8-10-4-1-2-5-11(10)16(20)21/h1-2,4-5,12-13H,3,6-9H2,(H,20,21). The molecule has 110 valence electrons. The van der Waals surface area contributed by atoms with Crippen LogP contribution in [0.25, 0.3) is 0 Å². The Morgan fingerprint density at radius 1 is 1.14 bits per heavy atom. The number of carboxylic acids is 1. The zero-order chi connectivity index (χ0) is 15.0. The number of amides is 2. The second kappa shape index (κ2) is 5.31. The molecule has 0 bridgehead atoms. The summed E-state index contributed by atoms with van der Waals surface area (Å²) < 4.78 is 0. The van der Waals surface area contributed by atoms with Crippen molar-refractivity contribution in [3.63, 3.8) is 0 Å². The number of benzene rings is 1. The van der Waals surface area contributed by atoms with E-state index in [4.69, 9.17) is 5.11 Å². The molecule has 2 fully saturated rings. The Balaban J connectivity index is 1.73. The Morgan fingerprint density at radius 2 is 1.76 bits per heavy atom. The first-order chi connectivity index (χ1) is 10.1. The van der Waals surface area contributed by atoms with E-state index in [1.807, 2.05) is 0 Å². The van der Waals surface area contributed by atoms with Crippen molar-refractivity contribution in [3.05, 3.63) is 35.4 Å². The van der Waals surface area contributed by atoms with Gasteiger partial charge in [-0.25, -0.2) is 4.79 Å². The van der Waals surface area contributed by atoms with Crippen molar-refractivity contribution in [3.8, 4) is 0 Å². The highest BCUT2D eigenvalue weighted by Crippen LogP contribution is 2.39. The number of rotatable bonds is 4. The van der Waals surface area contributed by atoms with Crippen molar-refractivity contribution in [2.75, 3.05) is 6.54 Å². The van der Waals surface area contributed by atoms with Gasteiger partial charge in [0.05, 0.1) is 17.4 Å². The number of carbonyl (C=O) groups is 3. The van der Waals surface area contributed by atoms with Crippen LogP contribution in [0.15, 0.2) is 24.3 Å². The summed E-state index contributed by atoms with van der Waals surface area (Å²) in [5.41, 5.74) is 0.888. The molecule has 0 spiro atoms. The number of nitrogens with zero attached hydrogens (tertiary/aromatic N) is 1. The number of aromatic carboxylic acids is 1. The molecule has 0 aromatic heterocycles. The summed E-state index contributed by atoms with van der Waals surface area (Å²) >= 11 is 0. The van der Waals surface area contributed by atoms with Gasteiger partial charge < -0.3 is 5.11 Å². The van der Waals surface area contributed by atoms with Gasteiger partial charge in [0.25, 0.3) is 0 Å². The van der Waals surface area contributed by atoms with Gasteiger partial charge >= 0.3 is 5.97 Å². The summed E-state index contributed by atoms with van der Waals surface area (Å²) in [6, 6.07) is 6.71. The zero-order valence-electron chi connectivity index (χ0n) is 11.6. The summed E-state index contributed by atoms with van der Waals surface area (Å²) in [7, 11) is 0. The average Bonchev–Trinajstić information content (AvgIpc) is 3.03. The maximum absolute atomic E-state index is 12.2. The molecule has 1 aliphatic heterocycles. The van der Waals surface area contributed by atoms with Crippen LogP contribution in [-0.4, -0.2) is 34.3 Å². The lowest BCUT2D eigenvalue weighted by atomic mass is 10.00. The minimum atomic E-state index is -0.985. The minimum absolute atomic E-state index is 0.0738. The first kappa shape index (κ1) is 13.8. The molecule has 1 N–H and O–H groups in total. The number of hydrogen-bond acceptors (Lipinski definition) is 3. The molecule has 3 rings (SSSR count). The number of imide groups is 1. The lowest BCUT2D eigenvalue weighted by Crippen LogP contribution is -2.33. The van der Waals surface area contributed by atoms with Crippen molar-refractivity contribution in [1.82, 2.24) is 4.90 Å². The highest BCUT2D eigenvalue weighted by Gasteiger charge is 2.49. The van der Waals surface area contributed by atoms with Crippen molar-refractivity contribution < 1.29 is 19.5 Å². The molecule has 21 heavy (non-hydrogen) atoms. The van der Waals surface area contributed by atoms with Crippen LogP contribution >= 0.6 is 0 Å². The zero-order valence-corrected chi connectivity index (χ0v) is 11.6. The predicted octanol–water partition coefficient (Wildman–Crippen LogP) is 1.71. The second-order valence-corrected chi connectivity index (χ2v) is 5.68. The number of fused-ring (bicyclic) bond motifs is 1. The molecule has 1 aliphatic carbocycles. The normalized spacial score (nSPS) is 24.5. The SMILES string of the molecule is O=C(O)c1ccccc1CCN1C(=O)C2CCCC2C1=O. The molecule has 1 saturated carbocycles. The fourth-order valence-corrected chi connectivity index (χ4v) is 3.46. The average molecular weight is 287 g/mol. The third-order valence-corrected chi connectivity index (χ3v) is 4.53. The van der Waals surface area contributed by atoms with E-state index < -0.39 is 5.97 Å².